The Labute approximate surface area is 135 Å². The molecule has 0 aliphatic heterocycles. The number of carbonyl (C=O) groups is 1. The summed E-state index contributed by atoms with van der Waals surface area (Å²) >= 11 is 17.8. The minimum absolute atomic E-state index is 0.00178. The van der Waals surface area contributed by atoms with Crippen molar-refractivity contribution in [3.8, 4) is 6.07 Å². The third kappa shape index (κ3) is 3.19. The Morgan fingerprint density at radius 3 is 2.24 bits per heavy atom. The number of carbonyl (C=O) groups excluding carboxylic acids is 1. The van der Waals surface area contributed by atoms with Crippen LogP contribution < -0.4 is 0 Å². The summed E-state index contributed by atoms with van der Waals surface area (Å²) < 4.78 is 13.1. The van der Waals surface area contributed by atoms with Gasteiger partial charge in [0.25, 0.3) is 0 Å². The Hall–Kier alpha value is -1.60. The quantitative estimate of drug-likeness (QED) is 0.712. The lowest BCUT2D eigenvalue weighted by Gasteiger charge is -2.12. The van der Waals surface area contributed by atoms with Crippen LogP contribution in [0.3, 0.4) is 0 Å². The minimum atomic E-state index is -1.21. The van der Waals surface area contributed by atoms with Gasteiger partial charge in [-0.2, -0.15) is 5.26 Å². The van der Waals surface area contributed by atoms with E-state index in [1.807, 2.05) is 6.07 Å². The predicted molar refractivity (Wildman–Crippen MR) is 80.6 cm³/mol. The fraction of sp³-hybridized carbons (Fsp3) is 0.0667. The Kier molecular flexibility index (Phi) is 4.84. The second-order valence-electron chi connectivity index (χ2n) is 4.19. The van der Waals surface area contributed by atoms with Gasteiger partial charge in [0.15, 0.2) is 5.78 Å². The summed E-state index contributed by atoms with van der Waals surface area (Å²) in [5.74, 6) is -2.35. The van der Waals surface area contributed by atoms with E-state index in [1.165, 1.54) is 18.2 Å². The molecule has 0 N–H and O–H groups in total. The van der Waals surface area contributed by atoms with Gasteiger partial charge in [-0.15, -0.1) is 0 Å². The average molecular weight is 343 g/mol. The van der Waals surface area contributed by atoms with Gasteiger partial charge in [0.1, 0.15) is 11.7 Å². The first-order chi connectivity index (χ1) is 9.95. The lowest BCUT2D eigenvalue weighted by atomic mass is 9.91. The first-order valence-corrected chi connectivity index (χ1v) is 6.92. The van der Waals surface area contributed by atoms with Crippen molar-refractivity contribution in [1.29, 1.82) is 5.26 Å². The van der Waals surface area contributed by atoms with Crippen molar-refractivity contribution >= 4 is 40.6 Å². The maximum atomic E-state index is 13.1. The summed E-state index contributed by atoms with van der Waals surface area (Å²) in [5, 5.41) is 9.56. The SMILES string of the molecule is N#CC(C(=O)c1c(Cl)cccc1Cl)c1ccc(F)cc1Cl. The molecule has 0 spiro atoms. The molecule has 2 aromatic rings. The molecule has 0 fully saturated rings. The van der Waals surface area contributed by atoms with Gasteiger partial charge < -0.3 is 0 Å². The zero-order chi connectivity index (χ0) is 15.6. The van der Waals surface area contributed by atoms with Gasteiger partial charge in [0.2, 0.25) is 0 Å². The number of hydrogen-bond donors (Lipinski definition) is 0. The molecule has 2 rings (SSSR count). The standard InChI is InChI=1S/C15H7Cl3FNO/c16-11-2-1-3-12(17)14(11)15(21)10(7-20)9-5-4-8(19)6-13(9)18/h1-6,10H. The zero-order valence-corrected chi connectivity index (χ0v) is 12.7. The van der Waals surface area contributed by atoms with E-state index in [4.69, 9.17) is 34.8 Å². The lowest BCUT2D eigenvalue weighted by Crippen LogP contribution is -2.13. The Morgan fingerprint density at radius 2 is 1.71 bits per heavy atom. The third-order valence-electron chi connectivity index (χ3n) is 2.87. The predicted octanol–water partition coefficient (Wildman–Crippen LogP) is 5.28. The first kappa shape index (κ1) is 15.8. The largest absolute Gasteiger partial charge is 0.292 e. The molecule has 0 aliphatic carbocycles. The summed E-state index contributed by atoms with van der Waals surface area (Å²) in [6.45, 7) is 0. The number of benzene rings is 2. The van der Waals surface area contributed by atoms with Gasteiger partial charge in [-0.1, -0.05) is 46.9 Å². The number of hydrogen-bond acceptors (Lipinski definition) is 2. The molecule has 6 heteroatoms. The van der Waals surface area contributed by atoms with E-state index < -0.39 is 17.5 Å². The third-order valence-corrected chi connectivity index (χ3v) is 3.83. The normalized spacial score (nSPS) is 11.8. The van der Waals surface area contributed by atoms with Gasteiger partial charge in [0, 0.05) is 5.02 Å². The van der Waals surface area contributed by atoms with Crippen LogP contribution in [0.5, 0.6) is 0 Å². The lowest BCUT2D eigenvalue weighted by molar-refractivity contribution is 0.0979. The van der Waals surface area contributed by atoms with Crippen LogP contribution in [0.15, 0.2) is 36.4 Å². The van der Waals surface area contributed by atoms with Crippen molar-refractivity contribution in [2.45, 2.75) is 5.92 Å². The van der Waals surface area contributed by atoms with Crippen LogP contribution in [0.1, 0.15) is 21.8 Å². The van der Waals surface area contributed by atoms with Crippen LogP contribution in [0, 0.1) is 17.1 Å². The maximum absolute atomic E-state index is 13.1. The fourth-order valence-electron chi connectivity index (χ4n) is 1.88. The Bertz CT molecular complexity index is 735. The summed E-state index contributed by atoms with van der Waals surface area (Å²) in [4.78, 5) is 12.5. The van der Waals surface area contributed by atoms with E-state index in [1.54, 1.807) is 6.07 Å². The minimum Gasteiger partial charge on any atom is -0.292 e. The monoisotopic (exact) mass is 341 g/mol. The molecule has 0 amide bonds. The van der Waals surface area contributed by atoms with E-state index in [0.717, 1.165) is 12.1 Å². The summed E-state index contributed by atoms with van der Waals surface area (Å²) in [7, 11) is 0. The molecule has 1 unspecified atom stereocenters. The summed E-state index contributed by atoms with van der Waals surface area (Å²) in [6.07, 6.45) is 0. The molecule has 21 heavy (non-hydrogen) atoms. The molecule has 106 valence electrons. The average Bonchev–Trinajstić information content (AvgIpc) is 2.41. The van der Waals surface area contributed by atoms with Crippen LogP contribution in [0.2, 0.25) is 15.1 Å². The number of nitrogens with zero attached hydrogens (tertiary/aromatic N) is 1. The van der Waals surface area contributed by atoms with Gasteiger partial charge in [-0.05, 0) is 29.8 Å². The van der Waals surface area contributed by atoms with Crippen LogP contribution in [0.4, 0.5) is 4.39 Å². The molecule has 0 radical (unpaired) electrons. The van der Waals surface area contributed by atoms with E-state index in [0.29, 0.717) is 0 Å². The molecule has 0 aromatic heterocycles. The molecule has 0 saturated carbocycles. The molecule has 0 bridgehead atoms. The number of nitriles is 1. The molecular weight excluding hydrogens is 336 g/mol. The Balaban J connectivity index is 2.52. The van der Waals surface area contributed by atoms with Crippen LogP contribution in [-0.4, -0.2) is 5.78 Å². The van der Waals surface area contributed by atoms with Crippen molar-refractivity contribution in [2.24, 2.45) is 0 Å². The molecule has 2 aromatic carbocycles. The van der Waals surface area contributed by atoms with Crippen LogP contribution in [0.25, 0.3) is 0 Å². The highest BCUT2D eigenvalue weighted by Gasteiger charge is 2.27. The van der Waals surface area contributed by atoms with E-state index in [9.17, 15) is 14.4 Å². The fourth-order valence-corrected chi connectivity index (χ4v) is 2.74. The number of rotatable bonds is 3. The molecule has 1 atom stereocenters. The topological polar surface area (TPSA) is 40.9 Å². The molecular formula is C15H7Cl3FNO. The molecule has 0 aliphatic rings. The summed E-state index contributed by atoms with van der Waals surface area (Å²) in [6, 6.07) is 9.93. The van der Waals surface area contributed by atoms with Crippen LogP contribution in [-0.2, 0) is 0 Å². The highest BCUT2D eigenvalue weighted by atomic mass is 35.5. The highest BCUT2D eigenvalue weighted by Crippen LogP contribution is 2.33. The van der Waals surface area contributed by atoms with Gasteiger partial charge in [-0.3, -0.25) is 4.79 Å². The number of ketones is 1. The first-order valence-electron chi connectivity index (χ1n) is 5.78. The Morgan fingerprint density at radius 1 is 1.10 bits per heavy atom. The van der Waals surface area contributed by atoms with Gasteiger partial charge in [-0.25, -0.2) is 4.39 Å². The summed E-state index contributed by atoms with van der Waals surface area (Å²) in [5.41, 5.74) is 0.259. The van der Waals surface area contributed by atoms with Crippen molar-refractivity contribution in [1.82, 2.24) is 0 Å². The van der Waals surface area contributed by atoms with Crippen LogP contribution >= 0.6 is 34.8 Å². The number of halogens is 4. The van der Waals surface area contributed by atoms with Crippen molar-refractivity contribution in [3.63, 3.8) is 0 Å². The second-order valence-corrected chi connectivity index (χ2v) is 5.41. The number of Topliss-reactive ketones (excluding diaryl/α,β-unsaturated/α-hetero) is 1. The van der Waals surface area contributed by atoms with E-state index in [-0.39, 0.29) is 26.2 Å². The second kappa shape index (κ2) is 6.44. The van der Waals surface area contributed by atoms with Crippen molar-refractivity contribution in [3.05, 3.63) is 68.4 Å². The van der Waals surface area contributed by atoms with Gasteiger partial charge >= 0.3 is 0 Å². The van der Waals surface area contributed by atoms with E-state index >= 15 is 0 Å². The molecule has 2 nitrogen and oxygen atoms in total. The van der Waals surface area contributed by atoms with Crippen molar-refractivity contribution in [2.75, 3.05) is 0 Å². The van der Waals surface area contributed by atoms with Crippen molar-refractivity contribution < 1.29 is 9.18 Å². The smallest absolute Gasteiger partial charge is 0.187 e. The zero-order valence-electron chi connectivity index (χ0n) is 10.4. The van der Waals surface area contributed by atoms with E-state index in [2.05, 4.69) is 0 Å². The van der Waals surface area contributed by atoms with Gasteiger partial charge in [0.05, 0.1) is 21.7 Å². The maximum Gasteiger partial charge on any atom is 0.187 e. The highest BCUT2D eigenvalue weighted by molar-refractivity contribution is 6.40. The molecule has 0 heterocycles. The molecule has 0 saturated heterocycles.